The van der Waals surface area contributed by atoms with E-state index in [2.05, 4.69) is 126 Å². The molecule has 3 aromatic carbocycles. The molecule has 0 N–H and O–H groups in total. The Labute approximate surface area is 245 Å². The number of rotatable bonds is 7. The summed E-state index contributed by atoms with van der Waals surface area (Å²) in [4.78, 5) is 21.1. The Kier molecular flexibility index (Phi) is 8.67. The Morgan fingerprint density at radius 3 is 1.41 bits per heavy atom. The maximum atomic E-state index is 14.6. The molecule has 0 aliphatic carbocycles. The number of hydrogen-bond acceptors (Lipinski definition) is 5. The van der Waals surface area contributed by atoms with Crippen molar-refractivity contribution in [3.63, 3.8) is 0 Å². The predicted molar refractivity (Wildman–Crippen MR) is 163 cm³/mol. The van der Waals surface area contributed by atoms with Crippen LogP contribution >= 0.6 is 0 Å². The van der Waals surface area contributed by atoms with Crippen molar-refractivity contribution in [1.29, 1.82) is 0 Å². The van der Waals surface area contributed by atoms with Crippen LogP contribution in [0, 0.1) is 0 Å². The fraction of sp³-hybridized carbons (Fsp3) is 0.457. The summed E-state index contributed by atoms with van der Waals surface area (Å²) in [5, 5.41) is 0. The van der Waals surface area contributed by atoms with Crippen LogP contribution in [0.25, 0.3) is 0 Å². The van der Waals surface area contributed by atoms with Crippen LogP contribution in [-0.4, -0.2) is 58.9 Å². The largest absolute Gasteiger partial charge is 0.349 e. The second kappa shape index (κ2) is 12.1. The molecule has 0 spiro atoms. The summed E-state index contributed by atoms with van der Waals surface area (Å²) in [6.07, 6.45) is -0.942. The first-order valence-electron chi connectivity index (χ1n) is 14.9. The van der Waals surface area contributed by atoms with Crippen LogP contribution in [0.2, 0.25) is 0 Å². The van der Waals surface area contributed by atoms with Gasteiger partial charge in [0.05, 0.1) is 5.56 Å². The van der Waals surface area contributed by atoms with E-state index in [1.165, 1.54) is 0 Å². The van der Waals surface area contributed by atoms with E-state index in [1.54, 1.807) is 0 Å². The Hall–Kier alpha value is -3.03. The highest BCUT2D eigenvalue weighted by molar-refractivity contribution is 5.98. The molecule has 41 heavy (non-hydrogen) atoms. The summed E-state index contributed by atoms with van der Waals surface area (Å²) in [7, 11) is 4.18. The zero-order valence-corrected chi connectivity index (χ0v) is 25.7. The molecule has 2 aliphatic heterocycles. The van der Waals surface area contributed by atoms with Gasteiger partial charge in [0, 0.05) is 35.3 Å². The summed E-state index contributed by atoms with van der Waals surface area (Å²) in [5.74, 6) is 0.0150. The quantitative estimate of drug-likeness (QED) is 0.310. The average molecular weight is 556 g/mol. The first-order chi connectivity index (χ1) is 19.6. The Morgan fingerprint density at radius 2 is 1.05 bits per heavy atom. The molecular formula is C35H45N3O3. The topological polar surface area (TPSA) is 45.3 Å². The van der Waals surface area contributed by atoms with Gasteiger partial charge in [-0.1, -0.05) is 78.9 Å². The molecule has 0 unspecified atom stereocenters. The van der Waals surface area contributed by atoms with Crippen molar-refractivity contribution in [3.05, 3.63) is 107 Å². The SMILES string of the molecule is CC(C)N(C(=O)c1c([C@H]2O[C@@H](c3ccccc3)[C@@H](C)N2C)cccc1[C@H]1O[C@@H](c2ccccc2)[C@@H](C)N1C)C(C)C. The smallest absolute Gasteiger partial charge is 0.255 e. The van der Waals surface area contributed by atoms with Gasteiger partial charge >= 0.3 is 0 Å². The normalized spacial score (nSPS) is 27.2. The maximum absolute atomic E-state index is 14.6. The molecule has 6 nitrogen and oxygen atoms in total. The molecule has 0 radical (unpaired) electrons. The maximum Gasteiger partial charge on any atom is 0.255 e. The number of ether oxygens (including phenoxy) is 2. The van der Waals surface area contributed by atoms with E-state index in [-0.39, 0.29) is 54.7 Å². The third kappa shape index (κ3) is 5.46. The minimum atomic E-state index is -0.371. The molecule has 6 atom stereocenters. The van der Waals surface area contributed by atoms with Crippen molar-refractivity contribution in [2.75, 3.05) is 14.1 Å². The lowest BCUT2D eigenvalue weighted by atomic mass is 9.95. The van der Waals surface area contributed by atoms with Crippen molar-refractivity contribution < 1.29 is 14.3 Å². The number of carbonyl (C=O) groups excluding carboxylic acids is 1. The summed E-state index contributed by atoms with van der Waals surface area (Å²) < 4.78 is 13.6. The van der Waals surface area contributed by atoms with Crippen LogP contribution in [0.4, 0.5) is 0 Å². The molecule has 218 valence electrons. The summed E-state index contributed by atoms with van der Waals surface area (Å²) in [6, 6.07) is 27.2. The van der Waals surface area contributed by atoms with Gasteiger partial charge in [-0.15, -0.1) is 0 Å². The standard InChI is InChI=1S/C35H45N3O3/c1-22(2)38(23(3)4)33(39)30-28(34-36(7)24(5)31(40-34)26-16-11-9-12-17-26)20-15-21-29(30)35-37(8)25(6)32(41-35)27-18-13-10-14-19-27/h9-25,31-32,34-35H,1-8H3/t24-,25-,31-,32-,34-,35-/m1/s1. The fourth-order valence-electron chi connectivity index (χ4n) is 6.58. The second-order valence-electron chi connectivity index (χ2n) is 12.2. The molecule has 2 fully saturated rings. The van der Waals surface area contributed by atoms with Gasteiger partial charge in [-0.2, -0.15) is 0 Å². The molecule has 1 amide bonds. The molecule has 2 heterocycles. The van der Waals surface area contributed by atoms with Gasteiger partial charge in [0.25, 0.3) is 5.91 Å². The molecule has 0 bridgehead atoms. The van der Waals surface area contributed by atoms with E-state index in [9.17, 15) is 4.79 Å². The first-order valence-corrected chi connectivity index (χ1v) is 14.9. The summed E-state index contributed by atoms with van der Waals surface area (Å²) in [5.41, 5.74) is 4.75. The van der Waals surface area contributed by atoms with E-state index in [0.717, 1.165) is 22.3 Å². The highest BCUT2D eigenvalue weighted by atomic mass is 16.5. The van der Waals surface area contributed by atoms with E-state index >= 15 is 0 Å². The van der Waals surface area contributed by atoms with Crippen LogP contribution in [0.1, 0.15) is 98.8 Å². The zero-order chi connectivity index (χ0) is 29.4. The van der Waals surface area contributed by atoms with Crippen molar-refractivity contribution >= 4 is 5.91 Å². The minimum Gasteiger partial charge on any atom is -0.349 e. The van der Waals surface area contributed by atoms with Gasteiger partial charge in [-0.25, -0.2) is 0 Å². The number of benzene rings is 3. The highest BCUT2D eigenvalue weighted by Gasteiger charge is 2.44. The number of amides is 1. The van der Waals surface area contributed by atoms with Crippen molar-refractivity contribution in [2.45, 2.75) is 90.4 Å². The Morgan fingerprint density at radius 1 is 0.659 bits per heavy atom. The van der Waals surface area contributed by atoms with E-state index in [0.29, 0.717) is 5.56 Å². The molecule has 6 heteroatoms. The van der Waals surface area contributed by atoms with E-state index in [4.69, 9.17) is 9.47 Å². The Bertz CT molecular complexity index is 1240. The number of nitrogens with zero attached hydrogens (tertiary/aromatic N) is 3. The average Bonchev–Trinajstić information content (AvgIpc) is 3.43. The van der Waals surface area contributed by atoms with Gasteiger partial charge in [0.2, 0.25) is 0 Å². The van der Waals surface area contributed by atoms with Gasteiger partial charge in [0.15, 0.2) is 0 Å². The van der Waals surface area contributed by atoms with Crippen LogP contribution in [-0.2, 0) is 9.47 Å². The lowest BCUT2D eigenvalue weighted by Gasteiger charge is -2.34. The lowest BCUT2D eigenvalue weighted by molar-refractivity contribution is -0.000974. The minimum absolute atomic E-state index is 0.0150. The van der Waals surface area contributed by atoms with Gasteiger partial charge in [-0.3, -0.25) is 14.6 Å². The first kappa shape index (κ1) is 29.5. The van der Waals surface area contributed by atoms with Crippen LogP contribution in [0.5, 0.6) is 0 Å². The third-order valence-corrected chi connectivity index (χ3v) is 8.93. The fourth-order valence-corrected chi connectivity index (χ4v) is 6.58. The predicted octanol–water partition coefficient (Wildman–Crippen LogP) is 7.13. The second-order valence-corrected chi connectivity index (χ2v) is 12.2. The van der Waals surface area contributed by atoms with Crippen LogP contribution in [0.15, 0.2) is 78.9 Å². The van der Waals surface area contributed by atoms with E-state index < -0.39 is 0 Å². The van der Waals surface area contributed by atoms with Gasteiger partial charge < -0.3 is 14.4 Å². The lowest BCUT2D eigenvalue weighted by Crippen LogP contribution is -2.43. The number of likely N-dealkylation sites (N-methyl/N-ethyl adjacent to an activating group) is 2. The molecular weight excluding hydrogens is 510 g/mol. The molecule has 2 aliphatic rings. The monoisotopic (exact) mass is 555 g/mol. The zero-order valence-electron chi connectivity index (χ0n) is 25.7. The Balaban J connectivity index is 1.61. The van der Waals surface area contributed by atoms with Crippen molar-refractivity contribution in [1.82, 2.24) is 14.7 Å². The summed E-state index contributed by atoms with van der Waals surface area (Å²) >= 11 is 0. The molecule has 3 aromatic rings. The molecule has 0 aromatic heterocycles. The molecule has 2 saturated heterocycles. The van der Waals surface area contributed by atoms with Crippen LogP contribution < -0.4 is 0 Å². The third-order valence-electron chi connectivity index (χ3n) is 8.93. The van der Waals surface area contributed by atoms with Crippen LogP contribution in [0.3, 0.4) is 0 Å². The number of hydrogen-bond donors (Lipinski definition) is 0. The molecule has 5 rings (SSSR count). The van der Waals surface area contributed by atoms with Crippen molar-refractivity contribution in [2.24, 2.45) is 0 Å². The highest BCUT2D eigenvalue weighted by Crippen LogP contribution is 2.46. The van der Waals surface area contributed by atoms with Crippen molar-refractivity contribution in [3.8, 4) is 0 Å². The van der Waals surface area contributed by atoms with Gasteiger partial charge in [-0.05, 0) is 66.8 Å². The summed E-state index contributed by atoms with van der Waals surface area (Å²) in [6.45, 7) is 12.7. The molecule has 0 saturated carbocycles. The van der Waals surface area contributed by atoms with Gasteiger partial charge in [0.1, 0.15) is 24.7 Å². The number of carbonyl (C=O) groups is 1. The van der Waals surface area contributed by atoms with E-state index in [1.807, 2.05) is 23.1 Å².